The molecule has 15 heavy (non-hydrogen) atoms. The van der Waals surface area contributed by atoms with Gasteiger partial charge in [-0.2, -0.15) is 0 Å². The van der Waals surface area contributed by atoms with Gasteiger partial charge in [-0.3, -0.25) is 0 Å². The number of alkyl halides is 1. The molecule has 0 aliphatic heterocycles. The Balaban J connectivity index is 2.94. The molecule has 0 aliphatic rings. The fraction of sp³-hybridized carbons (Fsp3) is 0.538. The molecule has 0 aliphatic carbocycles. The Kier molecular flexibility index (Phi) is 4.62. The molecule has 0 radical (unpaired) electrons. The zero-order chi connectivity index (χ0) is 11.4. The minimum atomic E-state index is 0.670. The van der Waals surface area contributed by atoms with Crippen molar-refractivity contribution in [2.75, 3.05) is 12.4 Å². The van der Waals surface area contributed by atoms with E-state index < -0.39 is 0 Å². The van der Waals surface area contributed by atoms with Crippen molar-refractivity contribution < 1.29 is 0 Å². The highest BCUT2D eigenvalue weighted by Gasteiger charge is 2.07. The normalized spacial score (nSPS) is 10.7. The molecule has 0 atom stereocenters. The van der Waals surface area contributed by atoms with Crippen LogP contribution in [0.4, 0.5) is 0 Å². The summed E-state index contributed by atoms with van der Waals surface area (Å²) in [6.07, 6.45) is 0. The second-order valence-corrected chi connectivity index (χ2v) is 4.48. The van der Waals surface area contributed by atoms with Gasteiger partial charge in [0.2, 0.25) is 0 Å². The molecule has 84 valence electrons. The zero-order valence-electron chi connectivity index (χ0n) is 10.1. The van der Waals surface area contributed by atoms with Gasteiger partial charge in [0.1, 0.15) is 0 Å². The maximum atomic E-state index is 5.65. The second kappa shape index (κ2) is 5.53. The first-order chi connectivity index (χ1) is 7.07. The monoisotopic (exact) mass is 225 g/mol. The van der Waals surface area contributed by atoms with Crippen LogP contribution in [0, 0.1) is 27.7 Å². The fourth-order valence-electron chi connectivity index (χ4n) is 1.84. The number of nitrogens with one attached hydrogen (secondary N) is 1. The van der Waals surface area contributed by atoms with Crippen molar-refractivity contribution in [1.82, 2.24) is 5.32 Å². The lowest BCUT2D eigenvalue weighted by Crippen LogP contribution is -2.17. The summed E-state index contributed by atoms with van der Waals surface area (Å²) in [4.78, 5) is 0. The van der Waals surface area contributed by atoms with Gasteiger partial charge in [0.25, 0.3) is 0 Å². The number of halogens is 1. The lowest BCUT2D eigenvalue weighted by atomic mass is 9.94. The Bertz CT molecular complexity index is 319. The average molecular weight is 226 g/mol. The Morgan fingerprint density at radius 1 is 1.07 bits per heavy atom. The minimum absolute atomic E-state index is 0.670. The van der Waals surface area contributed by atoms with E-state index in [-0.39, 0.29) is 0 Å². The maximum Gasteiger partial charge on any atom is 0.0348 e. The lowest BCUT2D eigenvalue weighted by molar-refractivity contribution is 0.721. The topological polar surface area (TPSA) is 12.0 Å². The van der Waals surface area contributed by atoms with Crippen molar-refractivity contribution in [3.8, 4) is 0 Å². The second-order valence-electron chi connectivity index (χ2n) is 4.10. The molecule has 1 N–H and O–H groups in total. The van der Waals surface area contributed by atoms with Gasteiger partial charge in [-0.1, -0.05) is 6.07 Å². The van der Waals surface area contributed by atoms with Crippen molar-refractivity contribution >= 4 is 11.6 Å². The van der Waals surface area contributed by atoms with Crippen LogP contribution in [0.5, 0.6) is 0 Å². The first kappa shape index (κ1) is 12.5. The van der Waals surface area contributed by atoms with Crippen LogP contribution in [0.3, 0.4) is 0 Å². The molecule has 0 amide bonds. The van der Waals surface area contributed by atoms with E-state index in [0.717, 1.165) is 13.1 Å². The van der Waals surface area contributed by atoms with E-state index in [1.165, 1.54) is 27.8 Å². The van der Waals surface area contributed by atoms with Crippen LogP contribution in [0.15, 0.2) is 6.07 Å². The summed E-state index contributed by atoms with van der Waals surface area (Å²) in [5, 5.41) is 3.36. The first-order valence-corrected chi connectivity index (χ1v) is 5.94. The standard InChI is InChI=1S/C13H20ClN/c1-9-7-10(2)12(4)13(11(9)3)8-15-6-5-14/h7,15H,5-6,8H2,1-4H3. The molecule has 1 rings (SSSR count). The third-order valence-electron chi connectivity index (χ3n) is 3.09. The van der Waals surface area contributed by atoms with E-state index >= 15 is 0 Å². The summed E-state index contributed by atoms with van der Waals surface area (Å²) >= 11 is 5.65. The molecule has 0 aromatic heterocycles. The van der Waals surface area contributed by atoms with Crippen LogP contribution in [-0.4, -0.2) is 12.4 Å². The summed E-state index contributed by atoms with van der Waals surface area (Å²) in [5.41, 5.74) is 6.99. The molecule has 0 spiro atoms. The van der Waals surface area contributed by atoms with Gasteiger partial charge in [-0.15, -0.1) is 11.6 Å². The summed E-state index contributed by atoms with van der Waals surface area (Å²) in [6.45, 7) is 10.5. The molecule has 0 unspecified atom stereocenters. The third kappa shape index (κ3) is 2.96. The van der Waals surface area contributed by atoms with Gasteiger partial charge < -0.3 is 5.32 Å². The predicted octanol–water partition coefficient (Wildman–Crippen LogP) is 3.25. The van der Waals surface area contributed by atoms with E-state index in [4.69, 9.17) is 11.6 Å². The highest BCUT2D eigenvalue weighted by molar-refractivity contribution is 6.18. The molecule has 0 fully saturated rings. The van der Waals surface area contributed by atoms with Gasteiger partial charge in [0.15, 0.2) is 0 Å². The minimum Gasteiger partial charge on any atom is -0.311 e. The molecular weight excluding hydrogens is 206 g/mol. The highest BCUT2D eigenvalue weighted by Crippen LogP contribution is 2.21. The lowest BCUT2D eigenvalue weighted by Gasteiger charge is -2.15. The van der Waals surface area contributed by atoms with E-state index in [1.54, 1.807) is 0 Å². The number of rotatable bonds is 4. The number of benzene rings is 1. The van der Waals surface area contributed by atoms with Crippen molar-refractivity contribution in [3.05, 3.63) is 33.9 Å². The van der Waals surface area contributed by atoms with Gasteiger partial charge in [0.05, 0.1) is 0 Å². The third-order valence-corrected chi connectivity index (χ3v) is 3.28. The molecule has 0 bridgehead atoms. The molecule has 2 heteroatoms. The first-order valence-electron chi connectivity index (χ1n) is 5.41. The SMILES string of the molecule is Cc1cc(C)c(C)c(CNCCCl)c1C. The van der Waals surface area contributed by atoms with E-state index in [2.05, 4.69) is 39.1 Å². The van der Waals surface area contributed by atoms with Crippen molar-refractivity contribution in [2.24, 2.45) is 0 Å². The van der Waals surface area contributed by atoms with Gasteiger partial charge in [-0.05, 0) is 55.5 Å². The summed E-state index contributed by atoms with van der Waals surface area (Å²) in [7, 11) is 0. The molecule has 0 saturated carbocycles. The quantitative estimate of drug-likeness (QED) is 0.613. The van der Waals surface area contributed by atoms with E-state index in [9.17, 15) is 0 Å². The summed E-state index contributed by atoms with van der Waals surface area (Å²) in [6, 6.07) is 2.26. The van der Waals surface area contributed by atoms with Crippen LogP contribution in [0.25, 0.3) is 0 Å². The highest BCUT2D eigenvalue weighted by atomic mass is 35.5. The molecular formula is C13H20ClN. The molecule has 1 nitrogen and oxygen atoms in total. The van der Waals surface area contributed by atoms with E-state index in [0.29, 0.717) is 5.88 Å². The molecule has 0 heterocycles. The molecule has 1 aromatic rings. The van der Waals surface area contributed by atoms with Gasteiger partial charge in [-0.25, -0.2) is 0 Å². The van der Waals surface area contributed by atoms with Crippen molar-refractivity contribution in [1.29, 1.82) is 0 Å². The number of aryl methyl sites for hydroxylation is 2. The van der Waals surface area contributed by atoms with Crippen molar-refractivity contribution in [3.63, 3.8) is 0 Å². The van der Waals surface area contributed by atoms with E-state index in [1.807, 2.05) is 0 Å². The zero-order valence-corrected chi connectivity index (χ0v) is 10.8. The smallest absolute Gasteiger partial charge is 0.0348 e. The van der Waals surface area contributed by atoms with Gasteiger partial charge >= 0.3 is 0 Å². The fourth-order valence-corrected chi connectivity index (χ4v) is 1.98. The Labute approximate surface area is 97.8 Å². The van der Waals surface area contributed by atoms with Crippen molar-refractivity contribution in [2.45, 2.75) is 34.2 Å². The summed E-state index contributed by atoms with van der Waals surface area (Å²) < 4.78 is 0. The Hall–Kier alpha value is -0.530. The van der Waals surface area contributed by atoms with Crippen LogP contribution in [-0.2, 0) is 6.54 Å². The summed E-state index contributed by atoms with van der Waals surface area (Å²) in [5.74, 6) is 0.670. The average Bonchev–Trinajstić information content (AvgIpc) is 2.20. The Morgan fingerprint density at radius 2 is 1.60 bits per heavy atom. The van der Waals surface area contributed by atoms with Crippen LogP contribution in [0.2, 0.25) is 0 Å². The van der Waals surface area contributed by atoms with Crippen LogP contribution < -0.4 is 5.32 Å². The van der Waals surface area contributed by atoms with Crippen LogP contribution >= 0.6 is 11.6 Å². The molecule has 1 aromatic carbocycles. The predicted molar refractivity (Wildman–Crippen MR) is 67.8 cm³/mol. The maximum absolute atomic E-state index is 5.65. The van der Waals surface area contributed by atoms with Gasteiger partial charge in [0, 0.05) is 19.0 Å². The molecule has 0 saturated heterocycles. The largest absolute Gasteiger partial charge is 0.311 e. The number of hydrogen-bond donors (Lipinski definition) is 1. The number of hydrogen-bond acceptors (Lipinski definition) is 1. The Morgan fingerprint density at radius 3 is 2.07 bits per heavy atom. The van der Waals surface area contributed by atoms with Crippen LogP contribution in [0.1, 0.15) is 27.8 Å².